The largest absolute Gasteiger partial charge is 0.396 e. The van der Waals surface area contributed by atoms with Gasteiger partial charge in [0.1, 0.15) is 0 Å². The Balaban J connectivity index is 1.87. The van der Waals surface area contributed by atoms with Gasteiger partial charge in [-0.15, -0.1) is 0 Å². The summed E-state index contributed by atoms with van der Waals surface area (Å²) < 4.78 is 5.76. The van der Waals surface area contributed by atoms with Crippen LogP contribution >= 0.6 is 0 Å². The van der Waals surface area contributed by atoms with Crippen molar-refractivity contribution in [1.29, 1.82) is 0 Å². The highest BCUT2D eigenvalue weighted by molar-refractivity contribution is 5.95. The number of ether oxygens (including phenoxy) is 1. The molecule has 0 aromatic carbocycles. The lowest BCUT2D eigenvalue weighted by molar-refractivity contribution is -0.0449. The van der Waals surface area contributed by atoms with Gasteiger partial charge < -0.3 is 19.7 Å². The van der Waals surface area contributed by atoms with Gasteiger partial charge in [0.15, 0.2) is 0 Å². The van der Waals surface area contributed by atoms with Crippen molar-refractivity contribution in [2.75, 3.05) is 19.8 Å². The van der Waals surface area contributed by atoms with Crippen LogP contribution < -0.4 is 5.56 Å². The highest BCUT2D eigenvalue weighted by Crippen LogP contribution is 2.34. The zero-order valence-corrected chi connectivity index (χ0v) is 12.7. The first-order valence-electron chi connectivity index (χ1n) is 7.89. The predicted molar refractivity (Wildman–Crippen MR) is 80.8 cm³/mol. The number of rotatable bonds is 3. The van der Waals surface area contributed by atoms with E-state index in [9.17, 15) is 14.7 Å². The number of carbonyl (C=O) groups is 1. The Morgan fingerprint density at radius 3 is 3.00 bits per heavy atom. The van der Waals surface area contributed by atoms with E-state index in [2.05, 4.69) is 4.98 Å². The lowest BCUT2D eigenvalue weighted by Crippen LogP contribution is -2.51. The van der Waals surface area contributed by atoms with E-state index in [1.165, 1.54) is 6.07 Å². The normalized spacial score (nSPS) is 27.7. The smallest absolute Gasteiger partial charge is 0.256 e. The second kappa shape index (κ2) is 6.22. The number of morpholine rings is 1. The molecule has 2 fully saturated rings. The van der Waals surface area contributed by atoms with Crippen LogP contribution in [0.3, 0.4) is 0 Å². The number of fused-ring (bicyclic) bond motifs is 1. The summed E-state index contributed by atoms with van der Waals surface area (Å²) in [5.41, 5.74) is 1.06. The third-order valence-corrected chi connectivity index (χ3v) is 4.74. The monoisotopic (exact) mass is 306 g/mol. The lowest BCUT2D eigenvalue weighted by Gasteiger charge is -2.38. The molecule has 6 nitrogen and oxygen atoms in total. The van der Waals surface area contributed by atoms with Gasteiger partial charge in [-0.25, -0.2) is 0 Å². The molecule has 0 spiro atoms. The number of aromatic nitrogens is 1. The molecule has 0 bridgehead atoms. The number of amides is 1. The van der Waals surface area contributed by atoms with Crippen LogP contribution in [0.25, 0.3) is 0 Å². The molecule has 1 aromatic heterocycles. The van der Waals surface area contributed by atoms with Crippen molar-refractivity contribution in [1.82, 2.24) is 9.88 Å². The number of hydrogen-bond donors (Lipinski definition) is 2. The second-order valence-electron chi connectivity index (χ2n) is 6.06. The number of aromatic amines is 1. The molecule has 6 heteroatoms. The summed E-state index contributed by atoms with van der Waals surface area (Å²) in [4.78, 5) is 29.0. The molecule has 1 saturated carbocycles. The molecular formula is C16H22N2O4. The standard InChI is InChI=1S/C16H22N2O4/c1-2-12-11(3-4-15(20)17-12)16(21)18-5-6-22-14-8-10(9-19)7-13(14)18/h3-4,10,13-14,19H,2,5-9H2,1H3,(H,17,20)/t10-,13+,14?/m1/s1. The fourth-order valence-electron chi connectivity index (χ4n) is 3.60. The number of nitrogens with one attached hydrogen (secondary N) is 1. The van der Waals surface area contributed by atoms with Crippen LogP contribution in [-0.4, -0.2) is 52.8 Å². The van der Waals surface area contributed by atoms with Gasteiger partial charge in [-0.05, 0) is 31.2 Å². The van der Waals surface area contributed by atoms with Gasteiger partial charge in [-0.1, -0.05) is 6.92 Å². The Kier molecular flexibility index (Phi) is 4.31. The zero-order chi connectivity index (χ0) is 15.7. The van der Waals surface area contributed by atoms with Crippen LogP contribution in [0.5, 0.6) is 0 Å². The molecule has 2 heterocycles. The van der Waals surface area contributed by atoms with Gasteiger partial charge in [-0.3, -0.25) is 9.59 Å². The lowest BCUT2D eigenvalue weighted by atomic mass is 10.1. The third-order valence-electron chi connectivity index (χ3n) is 4.74. The number of H-pyrrole nitrogens is 1. The van der Waals surface area contributed by atoms with E-state index in [0.29, 0.717) is 30.8 Å². The molecule has 1 aliphatic carbocycles. The molecule has 22 heavy (non-hydrogen) atoms. The quantitative estimate of drug-likeness (QED) is 0.854. The molecule has 3 atom stereocenters. The van der Waals surface area contributed by atoms with Crippen molar-refractivity contribution in [3.8, 4) is 0 Å². The maximum atomic E-state index is 12.9. The maximum Gasteiger partial charge on any atom is 0.256 e. The van der Waals surface area contributed by atoms with Gasteiger partial charge in [-0.2, -0.15) is 0 Å². The Labute approximate surface area is 129 Å². The van der Waals surface area contributed by atoms with Gasteiger partial charge >= 0.3 is 0 Å². The minimum atomic E-state index is -0.186. The first-order chi connectivity index (χ1) is 10.6. The van der Waals surface area contributed by atoms with Crippen LogP contribution in [0.4, 0.5) is 0 Å². The Morgan fingerprint density at radius 2 is 2.27 bits per heavy atom. The number of aliphatic hydroxyl groups excluding tert-OH is 1. The minimum Gasteiger partial charge on any atom is -0.396 e. The van der Waals surface area contributed by atoms with Crippen molar-refractivity contribution in [3.63, 3.8) is 0 Å². The van der Waals surface area contributed by atoms with Gasteiger partial charge in [0.2, 0.25) is 5.56 Å². The van der Waals surface area contributed by atoms with E-state index >= 15 is 0 Å². The van der Waals surface area contributed by atoms with Crippen LogP contribution in [-0.2, 0) is 11.2 Å². The first-order valence-corrected chi connectivity index (χ1v) is 7.89. The zero-order valence-electron chi connectivity index (χ0n) is 12.7. The van der Waals surface area contributed by atoms with Crippen LogP contribution in [0, 0.1) is 5.92 Å². The highest BCUT2D eigenvalue weighted by atomic mass is 16.5. The number of hydrogen-bond acceptors (Lipinski definition) is 4. The van der Waals surface area contributed by atoms with Crippen molar-refractivity contribution >= 4 is 5.91 Å². The van der Waals surface area contributed by atoms with Crippen molar-refractivity contribution in [3.05, 3.63) is 33.7 Å². The molecule has 1 saturated heterocycles. The Morgan fingerprint density at radius 1 is 1.45 bits per heavy atom. The second-order valence-corrected chi connectivity index (χ2v) is 6.06. The average Bonchev–Trinajstić information content (AvgIpc) is 2.97. The summed E-state index contributed by atoms with van der Waals surface area (Å²) in [6.45, 7) is 3.13. The fraction of sp³-hybridized carbons (Fsp3) is 0.625. The van der Waals surface area contributed by atoms with E-state index < -0.39 is 0 Å². The van der Waals surface area contributed by atoms with Gasteiger partial charge in [0.05, 0.1) is 24.3 Å². The van der Waals surface area contributed by atoms with E-state index in [0.717, 1.165) is 12.8 Å². The molecule has 1 amide bonds. The summed E-state index contributed by atoms with van der Waals surface area (Å²) in [7, 11) is 0. The number of aryl methyl sites for hydroxylation is 1. The fourth-order valence-corrected chi connectivity index (χ4v) is 3.60. The molecular weight excluding hydrogens is 284 g/mol. The maximum absolute atomic E-state index is 12.9. The van der Waals surface area contributed by atoms with Gasteiger partial charge in [0.25, 0.3) is 5.91 Å². The third kappa shape index (κ3) is 2.68. The SMILES string of the molecule is CCc1[nH]c(=O)ccc1C(=O)N1CCOC2C[C@H](CO)C[C@@H]21. The van der Waals surface area contributed by atoms with Crippen molar-refractivity contribution in [2.45, 2.75) is 38.3 Å². The molecule has 1 unspecified atom stereocenters. The first kappa shape index (κ1) is 15.2. The van der Waals surface area contributed by atoms with Crippen LogP contribution in [0.15, 0.2) is 16.9 Å². The van der Waals surface area contributed by atoms with E-state index in [-0.39, 0.29) is 36.1 Å². The highest BCUT2D eigenvalue weighted by Gasteiger charge is 2.43. The van der Waals surface area contributed by atoms with Crippen molar-refractivity contribution in [2.24, 2.45) is 5.92 Å². The number of carbonyl (C=O) groups excluding carboxylic acids is 1. The van der Waals surface area contributed by atoms with E-state index in [4.69, 9.17) is 4.74 Å². The summed E-state index contributed by atoms with van der Waals surface area (Å²) in [6.07, 6.45) is 2.20. The van der Waals surface area contributed by atoms with Crippen LogP contribution in [0.2, 0.25) is 0 Å². The van der Waals surface area contributed by atoms with Gasteiger partial charge in [0, 0.05) is 24.9 Å². The number of nitrogens with zero attached hydrogens (tertiary/aromatic N) is 1. The molecule has 0 radical (unpaired) electrons. The molecule has 1 aromatic rings. The van der Waals surface area contributed by atoms with Crippen molar-refractivity contribution < 1.29 is 14.6 Å². The van der Waals surface area contributed by atoms with E-state index in [1.54, 1.807) is 6.07 Å². The predicted octanol–water partition coefficient (Wildman–Crippen LogP) is 0.549. The average molecular weight is 306 g/mol. The number of pyridine rings is 1. The van der Waals surface area contributed by atoms with Crippen LogP contribution in [0.1, 0.15) is 35.8 Å². The van der Waals surface area contributed by atoms with E-state index in [1.807, 2.05) is 11.8 Å². The summed E-state index contributed by atoms with van der Waals surface area (Å²) >= 11 is 0. The molecule has 3 rings (SSSR count). The molecule has 120 valence electrons. The minimum absolute atomic E-state index is 0.0164. The Bertz CT molecular complexity index is 612. The summed E-state index contributed by atoms with van der Waals surface area (Å²) in [5, 5.41) is 9.37. The Hall–Kier alpha value is -1.66. The molecule has 2 N–H and O–H groups in total. The topological polar surface area (TPSA) is 82.6 Å². The summed E-state index contributed by atoms with van der Waals surface area (Å²) in [5.74, 6) is 0.148. The molecule has 1 aliphatic heterocycles. The number of aliphatic hydroxyl groups is 1. The molecule has 2 aliphatic rings. The summed E-state index contributed by atoms with van der Waals surface area (Å²) in [6, 6.07) is 3.04.